The molecule has 4 nitrogen and oxygen atoms in total. The molecule has 0 fully saturated rings. The number of aromatic nitrogens is 3. The third kappa shape index (κ3) is 5.44. The molecule has 0 aliphatic heterocycles. The summed E-state index contributed by atoms with van der Waals surface area (Å²) in [6, 6.07) is 0.105. The van der Waals surface area contributed by atoms with E-state index in [9.17, 15) is 0 Å². The maximum atomic E-state index is 5.74. The number of nitrogens with zero attached hydrogens (tertiary/aromatic N) is 3. The van der Waals surface area contributed by atoms with E-state index in [0.717, 1.165) is 6.42 Å². The van der Waals surface area contributed by atoms with Gasteiger partial charge in [0.1, 0.15) is 0 Å². The molecule has 0 aliphatic rings. The van der Waals surface area contributed by atoms with Gasteiger partial charge in [0, 0.05) is 6.04 Å². The van der Waals surface area contributed by atoms with Crippen LogP contribution in [0.5, 0.6) is 0 Å². The molecule has 0 saturated heterocycles. The van der Waals surface area contributed by atoms with Crippen molar-refractivity contribution in [3.8, 4) is 0 Å². The summed E-state index contributed by atoms with van der Waals surface area (Å²) in [7, 11) is 0. The Balaban J connectivity index is 3.25. The van der Waals surface area contributed by atoms with Gasteiger partial charge in [-0.1, -0.05) is 76.5 Å². The van der Waals surface area contributed by atoms with Gasteiger partial charge < -0.3 is 5.32 Å². The summed E-state index contributed by atoms with van der Waals surface area (Å²) in [5.41, 5.74) is 0. The molecular formula is C9H10Cl6N4. The monoisotopic (exact) mass is 384 g/mol. The summed E-state index contributed by atoms with van der Waals surface area (Å²) >= 11 is 34.5. The summed E-state index contributed by atoms with van der Waals surface area (Å²) < 4.78 is -3.67. The second kappa shape index (κ2) is 6.54. The molecule has 1 atom stereocenters. The van der Waals surface area contributed by atoms with Crippen LogP contribution in [0.4, 0.5) is 5.95 Å². The van der Waals surface area contributed by atoms with E-state index in [1.54, 1.807) is 0 Å². The highest BCUT2D eigenvalue weighted by Gasteiger charge is 2.33. The SMILES string of the molecule is CCC(C)Nc1nc(C(Cl)(Cl)Cl)nc(C(Cl)(Cl)Cl)n1. The quantitative estimate of drug-likeness (QED) is 0.762. The lowest BCUT2D eigenvalue weighted by atomic mass is 10.3. The lowest BCUT2D eigenvalue weighted by Gasteiger charge is -2.17. The van der Waals surface area contributed by atoms with Crippen LogP contribution in [0.15, 0.2) is 0 Å². The van der Waals surface area contributed by atoms with E-state index in [0.29, 0.717) is 0 Å². The second-order valence-corrected chi connectivity index (χ2v) is 8.32. The minimum absolute atomic E-state index is 0.105. The normalized spacial score (nSPS) is 14.3. The number of nitrogens with one attached hydrogen (secondary N) is 1. The van der Waals surface area contributed by atoms with Gasteiger partial charge in [0.2, 0.25) is 13.5 Å². The van der Waals surface area contributed by atoms with Crippen molar-refractivity contribution < 1.29 is 0 Å². The Morgan fingerprint density at radius 3 is 1.68 bits per heavy atom. The Labute approximate surface area is 141 Å². The molecule has 1 heterocycles. The van der Waals surface area contributed by atoms with E-state index >= 15 is 0 Å². The van der Waals surface area contributed by atoms with Crippen LogP contribution >= 0.6 is 69.6 Å². The fourth-order valence-corrected chi connectivity index (χ4v) is 1.52. The molecule has 0 aliphatic carbocycles. The molecule has 19 heavy (non-hydrogen) atoms. The summed E-state index contributed by atoms with van der Waals surface area (Å²) in [5, 5.41) is 3.00. The van der Waals surface area contributed by atoms with Crippen LogP contribution in [0.2, 0.25) is 0 Å². The van der Waals surface area contributed by atoms with E-state index in [2.05, 4.69) is 20.3 Å². The molecule has 0 bridgehead atoms. The molecule has 0 amide bonds. The first-order chi connectivity index (χ1) is 8.54. The number of halogens is 6. The smallest absolute Gasteiger partial charge is 0.250 e. The molecule has 10 heteroatoms. The number of anilines is 1. The molecule has 1 unspecified atom stereocenters. The van der Waals surface area contributed by atoms with Crippen molar-refractivity contribution >= 4 is 75.6 Å². The Morgan fingerprint density at radius 1 is 0.947 bits per heavy atom. The molecule has 0 spiro atoms. The van der Waals surface area contributed by atoms with Gasteiger partial charge in [-0.2, -0.15) is 9.97 Å². The molecule has 0 saturated carbocycles. The topological polar surface area (TPSA) is 50.7 Å². The zero-order valence-corrected chi connectivity index (χ0v) is 14.4. The van der Waals surface area contributed by atoms with Crippen molar-refractivity contribution in [3.63, 3.8) is 0 Å². The minimum Gasteiger partial charge on any atom is -0.352 e. The van der Waals surface area contributed by atoms with Gasteiger partial charge in [0.25, 0.3) is 0 Å². The van der Waals surface area contributed by atoms with E-state index in [1.807, 2.05) is 13.8 Å². The fourth-order valence-electron chi connectivity index (χ4n) is 1.02. The van der Waals surface area contributed by atoms with E-state index in [1.165, 1.54) is 0 Å². The van der Waals surface area contributed by atoms with Gasteiger partial charge in [0.05, 0.1) is 0 Å². The lowest BCUT2D eigenvalue weighted by Crippen LogP contribution is -2.21. The number of alkyl halides is 6. The van der Waals surface area contributed by atoms with Gasteiger partial charge in [-0.3, -0.25) is 0 Å². The van der Waals surface area contributed by atoms with Crippen LogP contribution in [0.1, 0.15) is 31.9 Å². The van der Waals surface area contributed by atoms with Gasteiger partial charge in [-0.25, -0.2) is 4.98 Å². The largest absolute Gasteiger partial charge is 0.352 e. The zero-order chi connectivity index (χ0) is 14.8. The van der Waals surface area contributed by atoms with Gasteiger partial charge in [0.15, 0.2) is 11.6 Å². The van der Waals surface area contributed by atoms with Gasteiger partial charge in [-0.15, -0.1) is 0 Å². The van der Waals surface area contributed by atoms with Crippen molar-refractivity contribution in [3.05, 3.63) is 11.6 Å². The average molecular weight is 387 g/mol. The van der Waals surface area contributed by atoms with E-state index in [4.69, 9.17) is 69.6 Å². The maximum Gasteiger partial charge on any atom is 0.250 e. The van der Waals surface area contributed by atoms with Crippen molar-refractivity contribution in [1.82, 2.24) is 15.0 Å². The first kappa shape index (κ1) is 17.6. The predicted octanol–water partition coefficient (Wildman–Crippen LogP) is 4.74. The summed E-state index contributed by atoms with van der Waals surface area (Å²) in [6.45, 7) is 3.93. The van der Waals surface area contributed by atoms with Crippen molar-refractivity contribution in [2.45, 2.75) is 33.9 Å². The van der Waals surface area contributed by atoms with Gasteiger partial charge >= 0.3 is 0 Å². The maximum absolute atomic E-state index is 5.74. The Hall–Kier alpha value is 0.550. The lowest BCUT2D eigenvalue weighted by molar-refractivity contribution is 0.739. The Kier molecular flexibility index (Phi) is 6.06. The molecule has 1 rings (SSSR count). The molecule has 1 aromatic rings. The standard InChI is InChI=1S/C9H10Cl6N4/c1-3-4(2)16-7-18-5(8(10,11)12)17-6(19-7)9(13,14)15/h4H,3H2,1-2H3,(H,16,17,18,19). The average Bonchev–Trinajstić information content (AvgIpc) is 2.26. The predicted molar refractivity (Wildman–Crippen MR) is 81.7 cm³/mol. The second-order valence-electron chi connectivity index (χ2n) is 3.76. The van der Waals surface area contributed by atoms with Crippen molar-refractivity contribution in [1.29, 1.82) is 0 Å². The third-order valence-electron chi connectivity index (χ3n) is 2.13. The van der Waals surface area contributed by atoms with Crippen LogP contribution in [-0.4, -0.2) is 21.0 Å². The first-order valence-corrected chi connectivity index (χ1v) is 7.47. The first-order valence-electron chi connectivity index (χ1n) is 5.21. The van der Waals surface area contributed by atoms with E-state index in [-0.39, 0.29) is 23.6 Å². The van der Waals surface area contributed by atoms with Crippen molar-refractivity contribution in [2.75, 3.05) is 5.32 Å². The summed E-state index contributed by atoms with van der Waals surface area (Å²) in [4.78, 5) is 11.9. The van der Waals surface area contributed by atoms with Crippen molar-refractivity contribution in [2.24, 2.45) is 0 Å². The Morgan fingerprint density at radius 2 is 1.37 bits per heavy atom. The molecule has 0 aromatic carbocycles. The van der Waals surface area contributed by atoms with E-state index < -0.39 is 7.59 Å². The minimum atomic E-state index is -1.83. The highest BCUT2D eigenvalue weighted by molar-refractivity contribution is 6.67. The van der Waals surface area contributed by atoms with Crippen LogP contribution in [-0.2, 0) is 7.59 Å². The Bertz CT molecular complexity index is 409. The fraction of sp³-hybridized carbons (Fsp3) is 0.667. The molecule has 108 valence electrons. The summed E-state index contributed by atoms with van der Waals surface area (Å²) in [6.07, 6.45) is 0.845. The molecule has 0 radical (unpaired) electrons. The number of rotatable bonds is 3. The highest BCUT2D eigenvalue weighted by Crippen LogP contribution is 2.40. The highest BCUT2D eigenvalue weighted by atomic mass is 35.6. The van der Waals surface area contributed by atoms with Gasteiger partial charge in [-0.05, 0) is 13.3 Å². The molecule has 1 aromatic heterocycles. The summed E-state index contributed by atoms with van der Waals surface area (Å²) in [5.74, 6) is -0.0359. The zero-order valence-electron chi connectivity index (χ0n) is 9.89. The van der Waals surface area contributed by atoms with Crippen LogP contribution in [0, 0.1) is 0 Å². The van der Waals surface area contributed by atoms with Crippen LogP contribution in [0.3, 0.4) is 0 Å². The van der Waals surface area contributed by atoms with Crippen LogP contribution in [0.25, 0.3) is 0 Å². The number of hydrogen-bond acceptors (Lipinski definition) is 4. The third-order valence-corrected chi connectivity index (χ3v) is 3.14. The molecular weight excluding hydrogens is 377 g/mol. The van der Waals surface area contributed by atoms with Crippen LogP contribution < -0.4 is 5.32 Å². The number of hydrogen-bond donors (Lipinski definition) is 1. The molecule has 1 N–H and O–H groups in total.